The molecule has 3 aromatic rings. The summed E-state index contributed by atoms with van der Waals surface area (Å²) in [6.45, 7) is 2.11. The van der Waals surface area contributed by atoms with Crippen molar-refractivity contribution in [2.75, 3.05) is 6.26 Å². The topological polar surface area (TPSA) is 35.0 Å². The molecule has 0 fully saturated rings. The molecular formula is C15H13ClN2OS2. The summed E-state index contributed by atoms with van der Waals surface area (Å²) in [4.78, 5) is 11.8. The zero-order chi connectivity index (χ0) is 14.8. The molecule has 0 saturated carbocycles. The number of thioether (sulfide) groups is 1. The van der Waals surface area contributed by atoms with Crippen LogP contribution in [0, 0.1) is 0 Å². The molecule has 3 nitrogen and oxygen atoms in total. The molecule has 0 saturated heterocycles. The van der Waals surface area contributed by atoms with Crippen LogP contribution in [0.1, 0.15) is 11.8 Å². The fourth-order valence-electron chi connectivity index (χ4n) is 1.93. The second kappa shape index (κ2) is 6.22. The number of fused-ring (bicyclic) bond motifs is 1. The molecule has 0 unspecified atom stereocenters. The van der Waals surface area contributed by atoms with E-state index < -0.39 is 0 Å². The minimum Gasteiger partial charge on any atom is -0.438 e. The number of benzene rings is 1. The Bertz CT molecular complexity index is 771. The summed E-state index contributed by atoms with van der Waals surface area (Å²) in [5.41, 5.74) is 0. The molecule has 0 spiro atoms. The van der Waals surface area contributed by atoms with Crippen molar-refractivity contribution < 1.29 is 4.74 Å². The number of hydrogen-bond acceptors (Lipinski definition) is 5. The number of nitrogens with zero attached hydrogens (tertiary/aromatic N) is 2. The SMILES string of the molecule is CCc1cc2c(Oc3ccc(SC)cc3)nc(Cl)nc2s1. The van der Waals surface area contributed by atoms with Crippen molar-refractivity contribution in [3.05, 3.63) is 40.5 Å². The molecular weight excluding hydrogens is 324 g/mol. The Kier molecular flexibility index (Phi) is 4.33. The summed E-state index contributed by atoms with van der Waals surface area (Å²) in [5.74, 6) is 1.26. The lowest BCUT2D eigenvalue weighted by Gasteiger charge is -2.06. The molecule has 0 amide bonds. The molecule has 0 aliphatic carbocycles. The first-order valence-electron chi connectivity index (χ1n) is 6.47. The summed E-state index contributed by atoms with van der Waals surface area (Å²) in [6, 6.07) is 9.97. The lowest BCUT2D eigenvalue weighted by Crippen LogP contribution is -1.91. The van der Waals surface area contributed by atoms with Gasteiger partial charge in [-0.05, 0) is 54.6 Å². The van der Waals surface area contributed by atoms with Crippen LogP contribution >= 0.6 is 34.7 Å². The van der Waals surface area contributed by atoms with Crippen molar-refractivity contribution >= 4 is 44.9 Å². The third-order valence-corrected chi connectivity index (χ3v) is 5.09. The molecule has 0 aliphatic heterocycles. The van der Waals surface area contributed by atoms with Crippen molar-refractivity contribution in [1.82, 2.24) is 9.97 Å². The van der Waals surface area contributed by atoms with E-state index in [2.05, 4.69) is 23.0 Å². The highest BCUT2D eigenvalue weighted by atomic mass is 35.5. The summed E-state index contributed by atoms with van der Waals surface area (Å²) in [6.07, 6.45) is 3.00. The van der Waals surface area contributed by atoms with Gasteiger partial charge in [-0.15, -0.1) is 23.1 Å². The lowest BCUT2D eigenvalue weighted by molar-refractivity contribution is 0.468. The predicted molar refractivity (Wildman–Crippen MR) is 90.1 cm³/mol. The molecule has 0 radical (unpaired) electrons. The number of aryl methyl sites for hydroxylation is 1. The maximum Gasteiger partial charge on any atom is 0.232 e. The molecule has 0 atom stereocenters. The number of thiophene rings is 1. The van der Waals surface area contributed by atoms with Crippen molar-refractivity contribution in [3.63, 3.8) is 0 Å². The van der Waals surface area contributed by atoms with Gasteiger partial charge in [0.25, 0.3) is 0 Å². The van der Waals surface area contributed by atoms with Crippen molar-refractivity contribution in [2.45, 2.75) is 18.2 Å². The van der Waals surface area contributed by atoms with Gasteiger partial charge in [-0.2, -0.15) is 4.98 Å². The minimum atomic E-state index is 0.211. The van der Waals surface area contributed by atoms with Crippen LogP contribution < -0.4 is 4.74 Å². The second-order valence-electron chi connectivity index (χ2n) is 4.36. The largest absolute Gasteiger partial charge is 0.438 e. The minimum absolute atomic E-state index is 0.211. The molecule has 6 heteroatoms. The number of aromatic nitrogens is 2. The van der Waals surface area contributed by atoms with Gasteiger partial charge in [0.15, 0.2) is 0 Å². The molecule has 2 aromatic heterocycles. The standard InChI is InChI=1S/C15H13ClN2OS2/c1-3-10-8-12-13(17-15(16)18-14(12)21-10)19-9-4-6-11(20-2)7-5-9/h4-8H,3H2,1-2H3. The fraction of sp³-hybridized carbons (Fsp3) is 0.200. The van der Waals surface area contributed by atoms with E-state index in [0.717, 1.165) is 22.4 Å². The lowest BCUT2D eigenvalue weighted by atomic mass is 10.3. The number of rotatable bonds is 4. The van der Waals surface area contributed by atoms with Gasteiger partial charge in [0, 0.05) is 9.77 Å². The van der Waals surface area contributed by atoms with Crippen LogP contribution in [0.25, 0.3) is 10.2 Å². The highest BCUT2D eigenvalue weighted by Crippen LogP contribution is 2.34. The summed E-state index contributed by atoms with van der Waals surface area (Å²) in [7, 11) is 0. The first kappa shape index (κ1) is 14.6. The van der Waals surface area contributed by atoms with E-state index in [0.29, 0.717) is 5.88 Å². The molecule has 2 heterocycles. The van der Waals surface area contributed by atoms with Gasteiger partial charge in [-0.1, -0.05) is 6.92 Å². The normalized spacial score (nSPS) is 11.0. The van der Waals surface area contributed by atoms with Gasteiger partial charge in [0.05, 0.1) is 5.39 Å². The third-order valence-electron chi connectivity index (χ3n) is 3.00. The summed E-state index contributed by atoms with van der Waals surface area (Å²) in [5, 5.41) is 1.12. The van der Waals surface area contributed by atoms with Crippen molar-refractivity contribution in [3.8, 4) is 11.6 Å². The van der Waals surface area contributed by atoms with E-state index in [-0.39, 0.29) is 5.28 Å². The molecule has 0 N–H and O–H groups in total. The van der Waals surface area contributed by atoms with E-state index in [1.165, 1.54) is 9.77 Å². The van der Waals surface area contributed by atoms with Crippen LogP contribution in [0.3, 0.4) is 0 Å². The zero-order valence-electron chi connectivity index (χ0n) is 11.6. The van der Waals surface area contributed by atoms with Crippen LogP contribution in [-0.4, -0.2) is 16.2 Å². The Morgan fingerprint density at radius 1 is 1.24 bits per heavy atom. The number of halogens is 1. The first-order chi connectivity index (χ1) is 10.2. The van der Waals surface area contributed by atoms with Gasteiger partial charge in [-0.3, -0.25) is 0 Å². The number of ether oxygens (including phenoxy) is 1. The molecule has 3 rings (SSSR count). The Labute approximate surface area is 136 Å². The van der Waals surface area contributed by atoms with Gasteiger partial charge in [-0.25, -0.2) is 4.98 Å². The Hall–Kier alpha value is -1.30. The van der Waals surface area contributed by atoms with Crippen LogP contribution in [-0.2, 0) is 6.42 Å². The van der Waals surface area contributed by atoms with Crippen LogP contribution in [0.5, 0.6) is 11.6 Å². The quantitative estimate of drug-likeness (QED) is 0.470. The third kappa shape index (κ3) is 3.15. The van der Waals surface area contributed by atoms with E-state index in [1.807, 2.05) is 30.5 Å². The van der Waals surface area contributed by atoms with Gasteiger partial charge in [0.2, 0.25) is 11.2 Å². The van der Waals surface area contributed by atoms with Crippen LogP contribution in [0.2, 0.25) is 5.28 Å². The molecule has 0 bridgehead atoms. The molecule has 1 aromatic carbocycles. The van der Waals surface area contributed by atoms with Gasteiger partial charge < -0.3 is 4.74 Å². The van der Waals surface area contributed by atoms with E-state index in [9.17, 15) is 0 Å². The Balaban J connectivity index is 2.00. The van der Waals surface area contributed by atoms with E-state index in [1.54, 1.807) is 23.1 Å². The first-order valence-corrected chi connectivity index (χ1v) is 8.89. The second-order valence-corrected chi connectivity index (χ2v) is 6.69. The average Bonchev–Trinajstić information content (AvgIpc) is 2.91. The Morgan fingerprint density at radius 2 is 2.00 bits per heavy atom. The maximum atomic E-state index is 5.99. The molecule has 0 aliphatic rings. The zero-order valence-corrected chi connectivity index (χ0v) is 14.0. The Morgan fingerprint density at radius 3 is 2.67 bits per heavy atom. The predicted octanol–water partition coefficient (Wildman–Crippen LogP) is 5.42. The smallest absolute Gasteiger partial charge is 0.232 e. The summed E-state index contributed by atoms with van der Waals surface area (Å²) >= 11 is 9.31. The van der Waals surface area contributed by atoms with Crippen LogP contribution in [0.4, 0.5) is 0 Å². The molecule has 108 valence electrons. The highest BCUT2D eigenvalue weighted by Gasteiger charge is 2.12. The van der Waals surface area contributed by atoms with Crippen LogP contribution in [0.15, 0.2) is 35.2 Å². The maximum absolute atomic E-state index is 5.99. The average molecular weight is 337 g/mol. The monoisotopic (exact) mass is 336 g/mol. The fourth-order valence-corrected chi connectivity index (χ4v) is 3.51. The molecule has 21 heavy (non-hydrogen) atoms. The summed E-state index contributed by atoms with van der Waals surface area (Å²) < 4.78 is 5.89. The number of hydrogen-bond donors (Lipinski definition) is 0. The van der Waals surface area contributed by atoms with Gasteiger partial charge in [0.1, 0.15) is 10.6 Å². The van der Waals surface area contributed by atoms with Gasteiger partial charge >= 0.3 is 0 Å². The highest BCUT2D eigenvalue weighted by molar-refractivity contribution is 7.98. The van der Waals surface area contributed by atoms with E-state index in [4.69, 9.17) is 16.3 Å². The van der Waals surface area contributed by atoms with Crippen molar-refractivity contribution in [2.24, 2.45) is 0 Å². The van der Waals surface area contributed by atoms with Crippen molar-refractivity contribution in [1.29, 1.82) is 0 Å². The van der Waals surface area contributed by atoms with E-state index >= 15 is 0 Å².